The second kappa shape index (κ2) is 9.29. The fourth-order valence-corrected chi connectivity index (χ4v) is 3.60. The number of anilines is 1. The molecule has 0 aliphatic heterocycles. The fourth-order valence-electron chi connectivity index (χ4n) is 2.35. The van der Waals surface area contributed by atoms with Crippen molar-refractivity contribution >= 4 is 27.3 Å². The first-order valence-electron chi connectivity index (χ1n) is 8.58. The Bertz CT molecular complexity index is 925. The van der Waals surface area contributed by atoms with Crippen molar-refractivity contribution in [3.05, 3.63) is 64.2 Å². The van der Waals surface area contributed by atoms with E-state index in [4.69, 9.17) is 0 Å². The SMILES string of the molecule is CC(C)NS(=O)(=O)c1ccc(C(=O)NCCNc2ccc([N+](=O)[O-])cc2)cc1. The number of nitrogens with one attached hydrogen (secondary N) is 3. The Hall–Kier alpha value is -2.98. The lowest BCUT2D eigenvalue weighted by atomic mass is 10.2. The van der Waals surface area contributed by atoms with Crippen LogP contribution in [0.15, 0.2) is 53.4 Å². The molecular formula is C18H22N4O5S. The highest BCUT2D eigenvalue weighted by molar-refractivity contribution is 7.89. The zero-order valence-electron chi connectivity index (χ0n) is 15.5. The lowest BCUT2D eigenvalue weighted by molar-refractivity contribution is -0.384. The second-order valence-corrected chi connectivity index (χ2v) is 8.00. The van der Waals surface area contributed by atoms with Gasteiger partial charge in [-0.25, -0.2) is 13.1 Å². The lowest BCUT2D eigenvalue weighted by Crippen LogP contribution is -2.30. The Morgan fingerprint density at radius 1 is 1.04 bits per heavy atom. The predicted molar refractivity (Wildman–Crippen MR) is 106 cm³/mol. The van der Waals surface area contributed by atoms with Gasteiger partial charge in [-0.1, -0.05) is 0 Å². The Labute approximate surface area is 163 Å². The van der Waals surface area contributed by atoms with Gasteiger partial charge in [0.05, 0.1) is 9.82 Å². The van der Waals surface area contributed by atoms with E-state index in [1.54, 1.807) is 26.0 Å². The molecule has 0 fully saturated rings. The van der Waals surface area contributed by atoms with Crippen molar-refractivity contribution in [2.45, 2.75) is 24.8 Å². The van der Waals surface area contributed by atoms with Gasteiger partial charge in [-0.15, -0.1) is 0 Å². The van der Waals surface area contributed by atoms with E-state index in [9.17, 15) is 23.3 Å². The zero-order valence-corrected chi connectivity index (χ0v) is 16.3. The smallest absolute Gasteiger partial charge is 0.269 e. The zero-order chi connectivity index (χ0) is 20.7. The van der Waals surface area contributed by atoms with Gasteiger partial charge >= 0.3 is 0 Å². The molecule has 2 aromatic carbocycles. The number of sulfonamides is 1. The molecule has 28 heavy (non-hydrogen) atoms. The fraction of sp³-hybridized carbons (Fsp3) is 0.278. The monoisotopic (exact) mass is 406 g/mol. The molecule has 9 nitrogen and oxygen atoms in total. The molecule has 0 heterocycles. The highest BCUT2D eigenvalue weighted by Gasteiger charge is 2.15. The number of benzene rings is 2. The summed E-state index contributed by atoms with van der Waals surface area (Å²) in [6.07, 6.45) is 0. The van der Waals surface area contributed by atoms with Crippen LogP contribution < -0.4 is 15.4 Å². The third-order valence-electron chi connectivity index (χ3n) is 3.64. The molecule has 0 aromatic heterocycles. The van der Waals surface area contributed by atoms with Crippen LogP contribution in [0.25, 0.3) is 0 Å². The number of nitro groups is 1. The van der Waals surface area contributed by atoms with Crippen molar-refractivity contribution < 1.29 is 18.1 Å². The molecule has 0 saturated carbocycles. The minimum atomic E-state index is -3.60. The first-order valence-corrected chi connectivity index (χ1v) is 10.1. The van der Waals surface area contributed by atoms with Crippen molar-refractivity contribution in [3.8, 4) is 0 Å². The van der Waals surface area contributed by atoms with Crippen LogP contribution in [0.5, 0.6) is 0 Å². The molecule has 2 rings (SSSR count). The number of hydrogen-bond donors (Lipinski definition) is 3. The van der Waals surface area contributed by atoms with Gasteiger partial charge in [-0.3, -0.25) is 14.9 Å². The minimum absolute atomic E-state index is 0.00732. The maximum Gasteiger partial charge on any atom is 0.269 e. The van der Waals surface area contributed by atoms with Crippen LogP contribution in [0.3, 0.4) is 0 Å². The van der Waals surface area contributed by atoms with Gasteiger partial charge in [0.2, 0.25) is 10.0 Å². The molecular weight excluding hydrogens is 384 g/mol. The van der Waals surface area contributed by atoms with Crippen LogP contribution in [0.1, 0.15) is 24.2 Å². The van der Waals surface area contributed by atoms with Crippen molar-refractivity contribution in [2.24, 2.45) is 0 Å². The lowest BCUT2D eigenvalue weighted by Gasteiger charge is -2.10. The van der Waals surface area contributed by atoms with Gasteiger partial charge in [0.15, 0.2) is 0 Å². The van der Waals surface area contributed by atoms with E-state index in [0.717, 1.165) is 0 Å². The number of non-ortho nitro benzene ring substituents is 1. The Balaban J connectivity index is 1.84. The molecule has 2 aromatic rings. The van der Waals surface area contributed by atoms with Crippen molar-refractivity contribution in [2.75, 3.05) is 18.4 Å². The molecule has 0 saturated heterocycles. The maximum atomic E-state index is 12.1. The molecule has 0 unspecified atom stereocenters. The highest BCUT2D eigenvalue weighted by Crippen LogP contribution is 2.15. The average molecular weight is 406 g/mol. The van der Waals surface area contributed by atoms with Crippen LogP contribution in [0.2, 0.25) is 0 Å². The van der Waals surface area contributed by atoms with E-state index in [1.807, 2.05) is 0 Å². The topological polar surface area (TPSA) is 130 Å². The van der Waals surface area contributed by atoms with Gasteiger partial charge in [-0.05, 0) is 50.2 Å². The summed E-state index contributed by atoms with van der Waals surface area (Å²) in [4.78, 5) is 22.4. The molecule has 0 aliphatic rings. The van der Waals surface area contributed by atoms with Gasteiger partial charge < -0.3 is 10.6 Å². The number of carbonyl (C=O) groups is 1. The van der Waals surface area contributed by atoms with Crippen LogP contribution in [0.4, 0.5) is 11.4 Å². The summed E-state index contributed by atoms with van der Waals surface area (Å²) in [7, 11) is -3.60. The highest BCUT2D eigenvalue weighted by atomic mass is 32.2. The summed E-state index contributed by atoms with van der Waals surface area (Å²) < 4.78 is 26.6. The van der Waals surface area contributed by atoms with Gasteiger partial charge in [0.25, 0.3) is 11.6 Å². The second-order valence-electron chi connectivity index (χ2n) is 6.29. The molecule has 0 radical (unpaired) electrons. The summed E-state index contributed by atoms with van der Waals surface area (Å²) >= 11 is 0. The summed E-state index contributed by atoms with van der Waals surface area (Å²) in [6, 6.07) is 11.4. The number of carbonyl (C=O) groups excluding carboxylic acids is 1. The van der Waals surface area contributed by atoms with Gasteiger partial charge in [0, 0.05) is 42.5 Å². The maximum absolute atomic E-state index is 12.1. The van der Waals surface area contributed by atoms with Gasteiger partial charge in [-0.2, -0.15) is 0 Å². The first-order chi connectivity index (χ1) is 13.2. The predicted octanol–water partition coefficient (Wildman–Crippen LogP) is 2.12. The third kappa shape index (κ3) is 6.03. The Morgan fingerprint density at radius 3 is 2.18 bits per heavy atom. The van der Waals surface area contributed by atoms with E-state index in [-0.39, 0.29) is 22.5 Å². The number of hydrogen-bond acceptors (Lipinski definition) is 6. The van der Waals surface area contributed by atoms with Crippen LogP contribution in [0, 0.1) is 10.1 Å². The number of nitro benzene ring substituents is 1. The first kappa shape index (κ1) is 21.3. The van der Waals surface area contributed by atoms with Crippen molar-refractivity contribution in [1.29, 1.82) is 0 Å². The van der Waals surface area contributed by atoms with Crippen LogP contribution in [-0.4, -0.2) is 38.4 Å². The number of rotatable bonds is 9. The average Bonchev–Trinajstić information content (AvgIpc) is 2.64. The van der Waals surface area contributed by atoms with E-state index in [1.165, 1.54) is 36.4 Å². The number of nitrogens with zero attached hydrogens (tertiary/aromatic N) is 1. The summed E-state index contributed by atoms with van der Waals surface area (Å²) in [5.74, 6) is -0.328. The molecule has 1 amide bonds. The quantitative estimate of drug-likeness (QED) is 0.332. The molecule has 3 N–H and O–H groups in total. The summed E-state index contributed by atoms with van der Waals surface area (Å²) in [5.41, 5.74) is 1.05. The Kier molecular flexibility index (Phi) is 7.07. The summed E-state index contributed by atoms with van der Waals surface area (Å²) in [5, 5.41) is 16.4. The van der Waals surface area contributed by atoms with E-state index in [2.05, 4.69) is 15.4 Å². The molecule has 0 spiro atoms. The minimum Gasteiger partial charge on any atom is -0.383 e. The van der Waals surface area contributed by atoms with Crippen molar-refractivity contribution in [1.82, 2.24) is 10.0 Å². The normalized spacial score (nSPS) is 11.2. The number of amides is 1. The van der Waals surface area contributed by atoms with E-state index >= 15 is 0 Å². The molecule has 0 bridgehead atoms. The molecule has 150 valence electrons. The van der Waals surface area contributed by atoms with Gasteiger partial charge in [0.1, 0.15) is 0 Å². The standard InChI is InChI=1S/C18H22N4O5S/c1-13(2)21-28(26,27)17-9-3-14(4-10-17)18(23)20-12-11-19-15-5-7-16(8-6-15)22(24)25/h3-10,13,19,21H,11-12H2,1-2H3,(H,20,23). The van der Waals surface area contributed by atoms with Crippen LogP contribution in [-0.2, 0) is 10.0 Å². The van der Waals surface area contributed by atoms with E-state index < -0.39 is 14.9 Å². The van der Waals surface area contributed by atoms with Crippen molar-refractivity contribution in [3.63, 3.8) is 0 Å². The third-order valence-corrected chi connectivity index (χ3v) is 5.31. The van der Waals surface area contributed by atoms with E-state index in [0.29, 0.717) is 24.3 Å². The Morgan fingerprint density at radius 2 is 1.64 bits per heavy atom. The molecule has 0 atom stereocenters. The largest absolute Gasteiger partial charge is 0.383 e. The molecule has 0 aliphatic carbocycles. The summed E-state index contributed by atoms with van der Waals surface area (Å²) in [6.45, 7) is 4.20. The van der Waals surface area contributed by atoms with Crippen LogP contribution >= 0.6 is 0 Å². The molecule has 10 heteroatoms.